The maximum Gasteiger partial charge on any atom is 0.251 e. The van der Waals surface area contributed by atoms with Crippen LogP contribution < -0.4 is 5.32 Å². The number of benzene rings is 1. The second kappa shape index (κ2) is 6.48. The molecule has 7 nitrogen and oxygen atoms in total. The molecule has 1 aromatic carbocycles. The number of tetrazole rings is 1. The van der Waals surface area contributed by atoms with E-state index >= 15 is 0 Å². The zero-order valence-corrected chi connectivity index (χ0v) is 13.7. The third kappa shape index (κ3) is 3.33. The summed E-state index contributed by atoms with van der Waals surface area (Å²) < 4.78 is 1.48. The lowest BCUT2D eigenvalue weighted by Crippen LogP contribution is -2.28. The molecule has 1 atom stereocenters. The van der Waals surface area contributed by atoms with Gasteiger partial charge in [0.1, 0.15) is 12.4 Å². The molecule has 8 heteroatoms. The molecule has 0 radical (unpaired) electrons. The van der Waals surface area contributed by atoms with Crippen LogP contribution in [0.3, 0.4) is 0 Å². The third-order valence-electron chi connectivity index (χ3n) is 4.01. The van der Waals surface area contributed by atoms with Crippen LogP contribution in [0.1, 0.15) is 36.1 Å². The van der Waals surface area contributed by atoms with Gasteiger partial charge in [-0.25, -0.2) is 9.67 Å². The highest BCUT2D eigenvalue weighted by molar-refractivity contribution is 7.13. The molecule has 1 fully saturated rings. The van der Waals surface area contributed by atoms with Gasteiger partial charge in [0.05, 0.1) is 5.69 Å². The minimum atomic E-state index is -0.518. The number of hydrogen-bond donors (Lipinski definition) is 1. The number of nitrogens with zero attached hydrogens (tertiary/aromatic N) is 5. The molecular weight excluding hydrogens is 324 g/mol. The first-order valence-corrected chi connectivity index (χ1v) is 8.70. The van der Waals surface area contributed by atoms with E-state index in [0.29, 0.717) is 17.5 Å². The molecule has 1 amide bonds. The molecule has 0 spiro atoms. The molecule has 3 aromatic rings. The van der Waals surface area contributed by atoms with E-state index in [-0.39, 0.29) is 5.91 Å². The molecule has 0 bridgehead atoms. The molecule has 24 heavy (non-hydrogen) atoms. The highest BCUT2D eigenvalue weighted by Gasteiger charge is 2.27. The van der Waals surface area contributed by atoms with Crippen molar-refractivity contribution < 1.29 is 4.79 Å². The Morgan fingerprint density at radius 2 is 2.17 bits per heavy atom. The fourth-order valence-corrected chi connectivity index (χ4v) is 3.35. The van der Waals surface area contributed by atoms with Crippen LogP contribution in [0, 0.1) is 0 Å². The largest absolute Gasteiger partial charge is 0.300 e. The van der Waals surface area contributed by atoms with Crippen molar-refractivity contribution in [2.75, 3.05) is 5.32 Å². The number of amides is 1. The SMILES string of the molecule is O=C(Nc1nc(C2CC2)cs1)[C@@H](Cc1ccccc1)n1cnnn1. The van der Waals surface area contributed by atoms with Crippen molar-refractivity contribution in [1.82, 2.24) is 25.2 Å². The predicted molar refractivity (Wildman–Crippen MR) is 89.7 cm³/mol. The molecule has 0 saturated heterocycles. The van der Waals surface area contributed by atoms with Crippen molar-refractivity contribution in [3.63, 3.8) is 0 Å². The molecule has 0 aliphatic heterocycles. The number of nitrogens with one attached hydrogen (secondary N) is 1. The standard InChI is InChI=1S/C16H16N6OS/c23-15(19-16-18-13(9-24-16)12-6-7-12)14(22-10-17-20-21-22)8-11-4-2-1-3-5-11/h1-5,9-10,12,14H,6-8H2,(H,18,19,23)/t14-/m1/s1. The highest BCUT2D eigenvalue weighted by atomic mass is 32.1. The summed E-state index contributed by atoms with van der Waals surface area (Å²) in [6.45, 7) is 0. The van der Waals surface area contributed by atoms with E-state index in [1.165, 1.54) is 35.2 Å². The Labute approximate surface area is 142 Å². The summed E-state index contributed by atoms with van der Waals surface area (Å²) in [5.41, 5.74) is 2.13. The van der Waals surface area contributed by atoms with E-state index < -0.39 is 6.04 Å². The Morgan fingerprint density at radius 3 is 2.88 bits per heavy atom. The van der Waals surface area contributed by atoms with Crippen LogP contribution in [0.2, 0.25) is 0 Å². The third-order valence-corrected chi connectivity index (χ3v) is 4.78. The van der Waals surface area contributed by atoms with Gasteiger partial charge in [0.2, 0.25) is 0 Å². The number of hydrogen-bond acceptors (Lipinski definition) is 6. The summed E-state index contributed by atoms with van der Waals surface area (Å²) in [4.78, 5) is 17.3. The average Bonchev–Trinajstić information content (AvgIpc) is 3.11. The summed E-state index contributed by atoms with van der Waals surface area (Å²) in [6, 6.07) is 9.30. The van der Waals surface area contributed by atoms with Gasteiger partial charge in [-0.2, -0.15) is 0 Å². The normalized spacial score (nSPS) is 15.2. The van der Waals surface area contributed by atoms with Crippen LogP contribution in [-0.4, -0.2) is 31.1 Å². The number of thiazole rings is 1. The lowest BCUT2D eigenvalue weighted by atomic mass is 10.1. The maximum atomic E-state index is 12.7. The van der Waals surface area contributed by atoms with Crippen molar-refractivity contribution in [2.45, 2.75) is 31.2 Å². The lowest BCUT2D eigenvalue weighted by molar-refractivity contribution is -0.119. The van der Waals surface area contributed by atoms with E-state index in [2.05, 4.69) is 25.8 Å². The Kier molecular flexibility index (Phi) is 4.04. The Morgan fingerprint density at radius 1 is 1.33 bits per heavy atom. The van der Waals surface area contributed by atoms with Gasteiger partial charge >= 0.3 is 0 Å². The van der Waals surface area contributed by atoms with E-state index in [1.807, 2.05) is 35.7 Å². The van der Waals surface area contributed by atoms with Crippen LogP contribution in [-0.2, 0) is 11.2 Å². The smallest absolute Gasteiger partial charge is 0.251 e. The second-order valence-electron chi connectivity index (χ2n) is 5.84. The number of anilines is 1. The van der Waals surface area contributed by atoms with Gasteiger partial charge in [-0.3, -0.25) is 4.79 Å². The number of carbonyl (C=O) groups excluding carboxylic acids is 1. The zero-order valence-electron chi connectivity index (χ0n) is 12.9. The molecule has 1 aliphatic rings. The van der Waals surface area contributed by atoms with Crippen molar-refractivity contribution in [1.29, 1.82) is 0 Å². The maximum absolute atomic E-state index is 12.7. The minimum absolute atomic E-state index is 0.164. The summed E-state index contributed by atoms with van der Waals surface area (Å²) in [5, 5.41) is 16.8. The van der Waals surface area contributed by atoms with Gasteiger partial charge in [0.25, 0.3) is 5.91 Å². The van der Waals surface area contributed by atoms with E-state index in [9.17, 15) is 4.79 Å². The van der Waals surface area contributed by atoms with E-state index in [1.54, 1.807) is 0 Å². The fraction of sp³-hybridized carbons (Fsp3) is 0.312. The van der Waals surface area contributed by atoms with Crippen LogP contribution >= 0.6 is 11.3 Å². The monoisotopic (exact) mass is 340 g/mol. The first-order chi connectivity index (χ1) is 11.8. The molecule has 1 N–H and O–H groups in total. The van der Waals surface area contributed by atoms with Crippen LogP contribution in [0.25, 0.3) is 0 Å². The van der Waals surface area contributed by atoms with Gasteiger partial charge in [0.15, 0.2) is 5.13 Å². The highest BCUT2D eigenvalue weighted by Crippen LogP contribution is 2.40. The van der Waals surface area contributed by atoms with Gasteiger partial charge in [-0.15, -0.1) is 16.4 Å². The number of aromatic nitrogens is 5. The van der Waals surface area contributed by atoms with Gasteiger partial charge in [-0.1, -0.05) is 30.3 Å². The Bertz CT molecular complexity index is 812. The summed E-state index contributed by atoms with van der Waals surface area (Å²) in [6.07, 6.45) is 4.36. The van der Waals surface area contributed by atoms with E-state index in [4.69, 9.17) is 0 Å². The summed E-state index contributed by atoms with van der Waals surface area (Å²) >= 11 is 1.46. The van der Waals surface area contributed by atoms with Crippen molar-refractivity contribution in [3.8, 4) is 0 Å². The van der Waals surface area contributed by atoms with Crippen LogP contribution in [0.4, 0.5) is 5.13 Å². The topological polar surface area (TPSA) is 85.6 Å². The first-order valence-electron chi connectivity index (χ1n) is 7.82. The molecule has 122 valence electrons. The molecule has 2 heterocycles. The Hall–Kier alpha value is -2.61. The molecule has 0 unspecified atom stereocenters. The number of rotatable bonds is 6. The van der Waals surface area contributed by atoms with E-state index in [0.717, 1.165) is 11.3 Å². The van der Waals surface area contributed by atoms with Gasteiger partial charge in [0, 0.05) is 17.7 Å². The first kappa shape index (κ1) is 14.9. The lowest BCUT2D eigenvalue weighted by Gasteiger charge is -2.15. The minimum Gasteiger partial charge on any atom is -0.300 e. The quantitative estimate of drug-likeness (QED) is 0.745. The average molecular weight is 340 g/mol. The molecule has 2 aromatic heterocycles. The molecule has 4 rings (SSSR count). The summed E-state index contributed by atoms with van der Waals surface area (Å²) in [7, 11) is 0. The predicted octanol–water partition coefficient (Wildman–Crippen LogP) is 2.43. The molecule has 1 aliphatic carbocycles. The van der Waals surface area contributed by atoms with Gasteiger partial charge in [-0.05, 0) is 28.8 Å². The second-order valence-corrected chi connectivity index (χ2v) is 6.69. The van der Waals surface area contributed by atoms with Crippen molar-refractivity contribution >= 4 is 22.4 Å². The molecule has 1 saturated carbocycles. The number of carbonyl (C=O) groups is 1. The van der Waals surface area contributed by atoms with Crippen LogP contribution in [0.15, 0.2) is 42.0 Å². The zero-order chi connectivity index (χ0) is 16.4. The summed E-state index contributed by atoms with van der Waals surface area (Å²) in [5.74, 6) is 0.411. The molecular formula is C16H16N6OS. The van der Waals surface area contributed by atoms with Crippen molar-refractivity contribution in [2.24, 2.45) is 0 Å². The van der Waals surface area contributed by atoms with Gasteiger partial charge < -0.3 is 5.32 Å². The Balaban J connectivity index is 1.52. The van der Waals surface area contributed by atoms with Crippen LogP contribution in [0.5, 0.6) is 0 Å². The van der Waals surface area contributed by atoms with Crippen molar-refractivity contribution in [3.05, 3.63) is 53.3 Å². The fourth-order valence-electron chi connectivity index (χ4n) is 2.55.